The lowest BCUT2D eigenvalue weighted by Gasteiger charge is -2.15. The molecule has 0 amide bonds. The Morgan fingerprint density at radius 3 is 2.71 bits per heavy atom. The van der Waals surface area contributed by atoms with E-state index in [-0.39, 0.29) is 0 Å². The van der Waals surface area contributed by atoms with E-state index in [4.69, 9.17) is 0 Å². The molecule has 2 unspecified atom stereocenters. The molecule has 92 valence electrons. The summed E-state index contributed by atoms with van der Waals surface area (Å²) >= 11 is 1.84. The summed E-state index contributed by atoms with van der Waals surface area (Å²) < 4.78 is 0. The molecular weight excluding hydrogens is 228 g/mol. The monoisotopic (exact) mass is 248 g/mol. The van der Waals surface area contributed by atoms with E-state index in [1.165, 1.54) is 11.1 Å². The van der Waals surface area contributed by atoms with Crippen LogP contribution in [0.4, 0.5) is 0 Å². The number of hydrogen-bond donors (Lipinski definition) is 1. The second kappa shape index (κ2) is 5.58. The maximum Gasteiger partial charge on any atom is 0.157 e. The van der Waals surface area contributed by atoms with Gasteiger partial charge in [-0.05, 0) is 25.8 Å². The van der Waals surface area contributed by atoms with E-state index >= 15 is 0 Å². The average Bonchev–Trinajstić information content (AvgIpc) is 2.77. The van der Waals surface area contributed by atoms with Gasteiger partial charge in [-0.25, -0.2) is 0 Å². The fourth-order valence-corrected chi connectivity index (χ4v) is 2.97. The minimum absolute atomic E-state index is 0.331. The lowest BCUT2D eigenvalue weighted by Crippen LogP contribution is -2.23. The molecule has 1 aromatic carbocycles. The van der Waals surface area contributed by atoms with Crippen LogP contribution < -0.4 is 5.32 Å². The van der Waals surface area contributed by atoms with Gasteiger partial charge in [-0.15, -0.1) is 0 Å². The number of benzene rings is 1. The number of nitrogens with one attached hydrogen (secondary N) is 1. The molecular formula is C14H20N2S. The lowest BCUT2D eigenvalue weighted by atomic mass is 10.1. The topological polar surface area (TPSA) is 24.4 Å². The summed E-state index contributed by atoms with van der Waals surface area (Å²) in [5.74, 6) is 1.12. The van der Waals surface area contributed by atoms with Gasteiger partial charge in [0.25, 0.3) is 0 Å². The van der Waals surface area contributed by atoms with Gasteiger partial charge < -0.3 is 5.32 Å². The zero-order chi connectivity index (χ0) is 12.3. The van der Waals surface area contributed by atoms with E-state index in [2.05, 4.69) is 55.3 Å². The molecule has 0 fully saturated rings. The predicted molar refractivity (Wildman–Crippen MR) is 76.7 cm³/mol. The fraction of sp³-hybridized carbons (Fsp3) is 0.500. The van der Waals surface area contributed by atoms with E-state index in [1.54, 1.807) is 0 Å². The van der Waals surface area contributed by atoms with Gasteiger partial charge in [-0.3, -0.25) is 4.99 Å². The molecule has 1 aliphatic heterocycles. The first-order valence-electron chi connectivity index (χ1n) is 6.22. The predicted octanol–water partition coefficient (Wildman–Crippen LogP) is 3.53. The van der Waals surface area contributed by atoms with Gasteiger partial charge in [0.15, 0.2) is 5.17 Å². The van der Waals surface area contributed by atoms with Gasteiger partial charge in [-0.2, -0.15) is 0 Å². The molecule has 17 heavy (non-hydrogen) atoms. The smallest absolute Gasteiger partial charge is 0.157 e. The Kier molecular flexibility index (Phi) is 4.11. The van der Waals surface area contributed by atoms with Crippen molar-refractivity contribution < 1.29 is 0 Å². The summed E-state index contributed by atoms with van der Waals surface area (Å²) in [4.78, 5) is 4.66. The van der Waals surface area contributed by atoms with Crippen molar-refractivity contribution in [3.8, 4) is 0 Å². The van der Waals surface area contributed by atoms with Crippen LogP contribution in [0.25, 0.3) is 0 Å². The second-order valence-corrected chi connectivity index (χ2v) is 5.59. The molecule has 2 rings (SSSR count). The SMILES string of the molecule is CCC1CSC(NC(C)c2ccc(C)cc2)=N1. The van der Waals surface area contributed by atoms with Crippen molar-refractivity contribution in [2.45, 2.75) is 39.3 Å². The quantitative estimate of drug-likeness (QED) is 0.885. The first kappa shape index (κ1) is 12.5. The van der Waals surface area contributed by atoms with E-state index < -0.39 is 0 Å². The second-order valence-electron chi connectivity index (χ2n) is 4.58. The van der Waals surface area contributed by atoms with E-state index in [0.29, 0.717) is 12.1 Å². The van der Waals surface area contributed by atoms with Crippen molar-refractivity contribution in [3.05, 3.63) is 35.4 Å². The van der Waals surface area contributed by atoms with Crippen LogP contribution in [0.3, 0.4) is 0 Å². The van der Waals surface area contributed by atoms with Crippen LogP contribution in [0.5, 0.6) is 0 Å². The van der Waals surface area contributed by atoms with Crippen LogP contribution in [0, 0.1) is 6.92 Å². The van der Waals surface area contributed by atoms with Gasteiger partial charge in [0.1, 0.15) is 0 Å². The summed E-state index contributed by atoms with van der Waals surface area (Å²) in [6.07, 6.45) is 1.14. The summed E-state index contributed by atoms with van der Waals surface area (Å²) in [6, 6.07) is 9.53. The number of hydrogen-bond acceptors (Lipinski definition) is 3. The first-order valence-corrected chi connectivity index (χ1v) is 7.21. The molecule has 0 aliphatic carbocycles. The number of aryl methyl sites for hydroxylation is 1. The maximum absolute atomic E-state index is 4.66. The fourth-order valence-electron chi connectivity index (χ4n) is 1.83. The van der Waals surface area contributed by atoms with Crippen molar-refractivity contribution in [2.24, 2.45) is 4.99 Å². The van der Waals surface area contributed by atoms with E-state index in [9.17, 15) is 0 Å². The van der Waals surface area contributed by atoms with Crippen molar-refractivity contribution in [2.75, 3.05) is 5.75 Å². The normalized spacial score (nSPS) is 21.1. The van der Waals surface area contributed by atoms with E-state index in [0.717, 1.165) is 17.3 Å². The molecule has 0 spiro atoms. The van der Waals surface area contributed by atoms with Gasteiger partial charge in [0.05, 0.1) is 12.1 Å². The van der Waals surface area contributed by atoms with E-state index in [1.807, 2.05) is 11.8 Å². The molecule has 1 aromatic rings. The number of amidine groups is 1. The third-order valence-electron chi connectivity index (χ3n) is 3.10. The zero-order valence-electron chi connectivity index (χ0n) is 10.7. The van der Waals surface area contributed by atoms with Crippen molar-refractivity contribution >= 4 is 16.9 Å². The molecule has 0 saturated carbocycles. The molecule has 0 saturated heterocycles. The molecule has 0 radical (unpaired) electrons. The Morgan fingerprint density at radius 2 is 2.12 bits per heavy atom. The number of thioether (sulfide) groups is 1. The largest absolute Gasteiger partial charge is 0.358 e. The van der Waals surface area contributed by atoms with Gasteiger partial charge in [0.2, 0.25) is 0 Å². The summed E-state index contributed by atoms with van der Waals surface area (Å²) in [6.45, 7) is 6.50. The molecule has 0 aromatic heterocycles. The van der Waals surface area contributed by atoms with Gasteiger partial charge in [-0.1, -0.05) is 48.5 Å². The van der Waals surface area contributed by atoms with Crippen molar-refractivity contribution in [3.63, 3.8) is 0 Å². The van der Waals surface area contributed by atoms with Crippen molar-refractivity contribution in [1.82, 2.24) is 5.32 Å². The third kappa shape index (κ3) is 3.25. The Balaban J connectivity index is 1.97. The molecule has 2 atom stereocenters. The van der Waals surface area contributed by atoms with Crippen LogP contribution in [-0.4, -0.2) is 17.0 Å². The molecule has 1 N–H and O–H groups in total. The van der Waals surface area contributed by atoms with Crippen LogP contribution in [0.15, 0.2) is 29.3 Å². The van der Waals surface area contributed by atoms with Crippen molar-refractivity contribution in [1.29, 1.82) is 0 Å². The summed E-state index contributed by atoms with van der Waals surface area (Å²) in [5.41, 5.74) is 2.62. The highest BCUT2D eigenvalue weighted by Crippen LogP contribution is 2.21. The van der Waals surface area contributed by atoms with Gasteiger partial charge in [0, 0.05) is 5.75 Å². The molecule has 3 heteroatoms. The summed E-state index contributed by atoms with van der Waals surface area (Å²) in [7, 11) is 0. The Labute approximate surface area is 108 Å². The Bertz CT molecular complexity index is 397. The number of nitrogens with zero attached hydrogens (tertiary/aromatic N) is 1. The minimum atomic E-state index is 0.331. The highest BCUT2D eigenvalue weighted by Gasteiger charge is 2.18. The molecule has 1 heterocycles. The lowest BCUT2D eigenvalue weighted by molar-refractivity contribution is 0.702. The zero-order valence-corrected chi connectivity index (χ0v) is 11.6. The van der Waals surface area contributed by atoms with Gasteiger partial charge >= 0.3 is 0 Å². The third-order valence-corrected chi connectivity index (χ3v) is 4.15. The first-order chi connectivity index (χ1) is 8.19. The minimum Gasteiger partial charge on any atom is -0.358 e. The molecule has 2 nitrogen and oxygen atoms in total. The number of aliphatic imine (C=N–C) groups is 1. The number of rotatable bonds is 3. The van der Waals surface area contributed by atoms with Crippen LogP contribution >= 0.6 is 11.8 Å². The molecule has 1 aliphatic rings. The summed E-state index contributed by atoms with van der Waals surface area (Å²) in [5, 5.41) is 4.59. The van der Waals surface area contributed by atoms with Crippen LogP contribution in [0.1, 0.15) is 37.4 Å². The standard InChI is InChI=1S/C14H20N2S/c1-4-13-9-17-14(16-13)15-11(3)12-7-5-10(2)6-8-12/h5-8,11,13H,4,9H2,1-3H3,(H,15,16). The Hall–Kier alpha value is -0.960. The average molecular weight is 248 g/mol. The highest BCUT2D eigenvalue weighted by atomic mass is 32.2. The van der Waals surface area contributed by atoms with Crippen LogP contribution in [-0.2, 0) is 0 Å². The highest BCUT2D eigenvalue weighted by molar-refractivity contribution is 8.14. The maximum atomic E-state index is 4.66. The Morgan fingerprint density at radius 1 is 1.41 bits per heavy atom. The van der Waals surface area contributed by atoms with Crippen LogP contribution in [0.2, 0.25) is 0 Å². The molecule has 0 bridgehead atoms.